The van der Waals surface area contributed by atoms with Crippen LogP contribution in [0.2, 0.25) is 0 Å². The number of benzene rings is 1. The molecule has 0 saturated carbocycles. The van der Waals surface area contributed by atoms with Gasteiger partial charge in [-0.3, -0.25) is 4.79 Å². The Balaban J connectivity index is 2.78. The van der Waals surface area contributed by atoms with Crippen molar-refractivity contribution in [2.75, 3.05) is 27.2 Å². The molecule has 0 aliphatic carbocycles. The molecule has 23 heavy (non-hydrogen) atoms. The van der Waals surface area contributed by atoms with E-state index < -0.39 is 17.7 Å². The third-order valence-corrected chi connectivity index (χ3v) is 2.91. The lowest BCUT2D eigenvalue weighted by Gasteiger charge is -2.23. The van der Waals surface area contributed by atoms with Crippen LogP contribution in [0.15, 0.2) is 30.3 Å². The summed E-state index contributed by atoms with van der Waals surface area (Å²) in [4.78, 5) is 26.4. The number of hydrogen-bond acceptors (Lipinski definition) is 4. The molecule has 2 amide bonds. The molecule has 0 aliphatic rings. The fraction of sp³-hybridized carbons (Fsp3) is 0.529. The van der Waals surface area contributed by atoms with E-state index in [0.29, 0.717) is 12.1 Å². The van der Waals surface area contributed by atoms with Crippen LogP contribution in [-0.2, 0) is 9.53 Å². The van der Waals surface area contributed by atoms with E-state index in [1.165, 1.54) is 0 Å². The van der Waals surface area contributed by atoms with Crippen LogP contribution in [0.5, 0.6) is 0 Å². The Bertz CT molecular complexity index is 510. The zero-order chi connectivity index (χ0) is 17.5. The highest BCUT2D eigenvalue weighted by molar-refractivity contribution is 5.86. The molecule has 0 aromatic heterocycles. The van der Waals surface area contributed by atoms with Crippen LogP contribution < -0.4 is 10.6 Å². The minimum atomic E-state index is -0.784. The molecular formula is C17H27N3O3. The van der Waals surface area contributed by atoms with Crippen LogP contribution in [0.3, 0.4) is 0 Å². The van der Waals surface area contributed by atoms with Gasteiger partial charge in [-0.15, -0.1) is 0 Å². The maximum Gasteiger partial charge on any atom is 0.408 e. The van der Waals surface area contributed by atoms with Crippen molar-refractivity contribution in [2.24, 2.45) is 0 Å². The van der Waals surface area contributed by atoms with Crippen molar-refractivity contribution >= 4 is 12.0 Å². The molecule has 0 fully saturated rings. The van der Waals surface area contributed by atoms with Crippen LogP contribution in [0.4, 0.5) is 4.79 Å². The molecule has 0 saturated heterocycles. The smallest absolute Gasteiger partial charge is 0.408 e. The number of carbonyl (C=O) groups excluding carboxylic acids is 2. The second kappa shape index (κ2) is 8.53. The van der Waals surface area contributed by atoms with Gasteiger partial charge < -0.3 is 20.3 Å². The average Bonchev–Trinajstić information content (AvgIpc) is 2.43. The number of hydrogen-bond donors (Lipinski definition) is 2. The van der Waals surface area contributed by atoms with Crippen molar-refractivity contribution in [3.8, 4) is 0 Å². The number of nitrogens with zero attached hydrogens (tertiary/aromatic N) is 1. The summed E-state index contributed by atoms with van der Waals surface area (Å²) in [6, 6.07) is 8.32. The summed E-state index contributed by atoms with van der Waals surface area (Å²) >= 11 is 0. The van der Waals surface area contributed by atoms with Crippen molar-refractivity contribution in [3.63, 3.8) is 0 Å². The molecule has 1 aromatic carbocycles. The largest absolute Gasteiger partial charge is 0.444 e. The molecular weight excluding hydrogens is 294 g/mol. The molecule has 1 rings (SSSR count). The molecule has 6 heteroatoms. The van der Waals surface area contributed by atoms with Crippen LogP contribution in [-0.4, -0.2) is 49.7 Å². The fourth-order valence-corrected chi connectivity index (χ4v) is 1.88. The minimum absolute atomic E-state index is 0.260. The van der Waals surface area contributed by atoms with Crippen LogP contribution in [0.1, 0.15) is 32.4 Å². The van der Waals surface area contributed by atoms with Crippen LogP contribution >= 0.6 is 0 Å². The van der Waals surface area contributed by atoms with E-state index in [9.17, 15) is 9.59 Å². The summed E-state index contributed by atoms with van der Waals surface area (Å²) in [5.41, 5.74) is 0.0907. The topological polar surface area (TPSA) is 70.7 Å². The third-order valence-electron chi connectivity index (χ3n) is 2.91. The number of rotatable bonds is 6. The predicted molar refractivity (Wildman–Crippen MR) is 90.1 cm³/mol. The SMILES string of the molecule is CN(C)CCNC(=O)C(NC(=O)OC(C)(C)C)c1ccccc1. The molecule has 0 radical (unpaired) electrons. The van der Waals surface area contributed by atoms with Crippen molar-refractivity contribution in [1.29, 1.82) is 0 Å². The lowest BCUT2D eigenvalue weighted by atomic mass is 10.1. The number of amides is 2. The Morgan fingerprint density at radius 2 is 1.78 bits per heavy atom. The van der Waals surface area contributed by atoms with Gasteiger partial charge in [-0.25, -0.2) is 4.79 Å². The second-order valence-electron chi connectivity index (χ2n) is 6.58. The quantitative estimate of drug-likeness (QED) is 0.840. The Morgan fingerprint density at radius 3 is 2.30 bits per heavy atom. The highest BCUT2D eigenvalue weighted by Gasteiger charge is 2.25. The summed E-state index contributed by atoms with van der Waals surface area (Å²) < 4.78 is 5.24. The van der Waals surface area contributed by atoms with Gasteiger partial charge in [0.1, 0.15) is 11.6 Å². The van der Waals surface area contributed by atoms with Crippen molar-refractivity contribution in [2.45, 2.75) is 32.4 Å². The zero-order valence-electron chi connectivity index (χ0n) is 14.6. The number of carbonyl (C=O) groups is 2. The molecule has 0 aliphatic heterocycles. The van der Waals surface area contributed by atoms with Gasteiger partial charge in [-0.05, 0) is 40.4 Å². The Kier molecular flexibility index (Phi) is 7.03. The van der Waals surface area contributed by atoms with Crippen LogP contribution in [0.25, 0.3) is 0 Å². The lowest BCUT2D eigenvalue weighted by Crippen LogP contribution is -2.43. The fourth-order valence-electron chi connectivity index (χ4n) is 1.88. The molecule has 1 aromatic rings. The molecule has 0 bridgehead atoms. The van der Waals surface area contributed by atoms with E-state index in [2.05, 4.69) is 10.6 Å². The van der Waals surface area contributed by atoms with E-state index in [0.717, 1.165) is 6.54 Å². The Hall–Kier alpha value is -2.08. The van der Waals surface area contributed by atoms with E-state index in [4.69, 9.17) is 4.74 Å². The van der Waals surface area contributed by atoms with Crippen LogP contribution in [0, 0.1) is 0 Å². The van der Waals surface area contributed by atoms with Gasteiger partial charge in [0.05, 0.1) is 0 Å². The summed E-state index contributed by atoms with van der Waals surface area (Å²) in [6.07, 6.45) is -0.617. The first-order valence-corrected chi connectivity index (χ1v) is 7.66. The monoisotopic (exact) mass is 321 g/mol. The second-order valence-corrected chi connectivity index (χ2v) is 6.58. The summed E-state index contributed by atoms with van der Waals surface area (Å²) in [6.45, 7) is 6.56. The Labute approximate surface area is 138 Å². The molecule has 0 spiro atoms. The molecule has 0 heterocycles. The molecule has 6 nitrogen and oxygen atoms in total. The highest BCUT2D eigenvalue weighted by atomic mass is 16.6. The summed E-state index contributed by atoms with van der Waals surface area (Å²) in [7, 11) is 3.86. The first kappa shape index (κ1) is 19.0. The van der Waals surface area contributed by atoms with Gasteiger partial charge in [0.15, 0.2) is 0 Å². The number of likely N-dealkylation sites (N-methyl/N-ethyl adjacent to an activating group) is 1. The highest BCUT2D eigenvalue weighted by Crippen LogP contribution is 2.14. The van der Waals surface area contributed by atoms with Gasteiger partial charge in [0.2, 0.25) is 5.91 Å². The molecule has 128 valence electrons. The minimum Gasteiger partial charge on any atom is -0.444 e. The number of alkyl carbamates (subject to hydrolysis) is 1. The van der Waals surface area contributed by atoms with Gasteiger partial charge in [-0.2, -0.15) is 0 Å². The van der Waals surface area contributed by atoms with Gasteiger partial charge >= 0.3 is 6.09 Å². The van der Waals surface area contributed by atoms with E-state index in [-0.39, 0.29) is 5.91 Å². The van der Waals surface area contributed by atoms with E-state index >= 15 is 0 Å². The van der Waals surface area contributed by atoms with Crippen molar-refractivity contribution in [3.05, 3.63) is 35.9 Å². The van der Waals surface area contributed by atoms with Gasteiger partial charge in [0, 0.05) is 13.1 Å². The summed E-state index contributed by atoms with van der Waals surface area (Å²) in [5.74, 6) is -0.260. The third kappa shape index (κ3) is 7.65. The van der Waals surface area contributed by atoms with Crippen molar-refractivity contribution < 1.29 is 14.3 Å². The molecule has 1 unspecified atom stereocenters. The van der Waals surface area contributed by atoms with Gasteiger partial charge in [0.25, 0.3) is 0 Å². The zero-order valence-corrected chi connectivity index (χ0v) is 14.6. The first-order valence-electron chi connectivity index (χ1n) is 7.66. The number of nitrogens with one attached hydrogen (secondary N) is 2. The maximum atomic E-state index is 12.4. The number of ether oxygens (including phenoxy) is 1. The predicted octanol–water partition coefficient (Wildman–Crippen LogP) is 1.93. The Morgan fingerprint density at radius 1 is 1.17 bits per heavy atom. The molecule has 1 atom stereocenters. The van der Waals surface area contributed by atoms with E-state index in [1.807, 2.05) is 37.2 Å². The molecule has 2 N–H and O–H groups in total. The van der Waals surface area contributed by atoms with Gasteiger partial charge in [-0.1, -0.05) is 30.3 Å². The first-order chi connectivity index (χ1) is 10.7. The maximum absolute atomic E-state index is 12.4. The van der Waals surface area contributed by atoms with Crippen molar-refractivity contribution in [1.82, 2.24) is 15.5 Å². The standard InChI is InChI=1S/C17H27N3O3/c1-17(2,3)23-16(22)19-14(13-9-7-6-8-10-13)15(21)18-11-12-20(4)5/h6-10,14H,11-12H2,1-5H3,(H,18,21)(H,19,22). The lowest BCUT2D eigenvalue weighted by molar-refractivity contribution is -0.123. The van der Waals surface area contributed by atoms with E-state index in [1.54, 1.807) is 32.9 Å². The summed E-state index contributed by atoms with van der Waals surface area (Å²) in [5, 5.41) is 5.47. The normalized spacial score (nSPS) is 12.6. The average molecular weight is 321 g/mol.